The molecule has 1 N–H and O–H groups in total. The third kappa shape index (κ3) is 8.82. The molecule has 0 saturated carbocycles. The van der Waals surface area contributed by atoms with Gasteiger partial charge in [-0.3, -0.25) is 4.79 Å². The van der Waals surface area contributed by atoms with E-state index in [0.29, 0.717) is 0 Å². The molecule has 6 nitrogen and oxygen atoms in total. The highest BCUT2D eigenvalue weighted by molar-refractivity contribution is 5.91. The first-order chi connectivity index (χ1) is 8.86. The van der Waals surface area contributed by atoms with Crippen LogP contribution in [0.15, 0.2) is 12.2 Å². The minimum Gasteiger partial charge on any atom is -0.463 e. The van der Waals surface area contributed by atoms with E-state index in [9.17, 15) is 14.4 Å². The second-order valence-electron chi connectivity index (χ2n) is 4.28. The molecule has 0 aliphatic carbocycles. The van der Waals surface area contributed by atoms with Crippen molar-refractivity contribution in [1.29, 1.82) is 0 Å². The Labute approximate surface area is 113 Å². The second-order valence-corrected chi connectivity index (χ2v) is 4.28. The van der Waals surface area contributed by atoms with Gasteiger partial charge in [-0.25, -0.2) is 9.59 Å². The van der Waals surface area contributed by atoms with E-state index in [0.717, 1.165) is 12.2 Å². The lowest BCUT2D eigenvalue weighted by molar-refractivity contribution is -0.141. The van der Waals surface area contributed by atoms with Gasteiger partial charge in [0, 0.05) is 18.1 Å². The Balaban J connectivity index is 3.96. The van der Waals surface area contributed by atoms with Crippen LogP contribution in [-0.4, -0.2) is 37.1 Å². The first-order valence-electron chi connectivity index (χ1n) is 6.18. The van der Waals surface area contributed by atoms with E-state index >= 15 is 0 Å². The predicted octanol–water partition coefficient (Wildman–Crippen LogP) is 0.810. The Hall–Kier alpha value is -1.85. The summed E-state index contributed by atoms with van der Waals surface area (Å²) >= 11 is 0. The molecule has 1 amide bonds. The van der Waals surface area contributed by atoms with Gasteiger partial charge in [0.1, 0.15) is 6.61 Å². The molecule has 0 spiro atoms. The molecule has 6 heteroatoms. The van der Waals surface area contributed by atoms with E-state index in [1.54, 1.807) is 27.7 Å². The third-order valence-corrected chi connectivity index (χ3v) is 2.03. The van der Waals surface area contributed by atoms with Gasteiger partial charge in [-0.05, 0) is 13.8 Å². The van der Waals surface area contributed by atoms with Crippen LogP contribution in [0.3, 0.4) is 0 Å². The van der Waals surface area contributed by atoms with Crippen LogP contribution >= 0.6 is 0 Å². The molecule has 1 unspecified atom stereocenters. The molecular weight excluding hydrogens is 250 g/mol. The molecule has 0 heterocycles. The van der Waals surface area contributed by atoms with Crippen molar-refractivity contribution in [3.8, 4) is 0 Å². The smallest absolute Gasteiger partial charge is 0.331 e. The Bertz CT molecular complexity index is 349. The first kappa shape index (κ1) is 17.2. The van der Waals surface area contributed by atoms with Crippen molar-refractivity contribution in [2.75, 3.05) is 13.2 Å². The number of ether oxygens (including phenoxy) is 2. The number of carbonyl (C=O) groups excluding carboxylic acids is 3. The number of amides is 1. The monoisotopic (exact) mass is 271 g/mol. The Morgan fingerprint density at radius 3 is 2.05 bits per heavy atom. The molecule has 0 aromatic carbocycles. The molecule has 0 bridgehead atoms. The van der Waals surface area contributed by atoms with Gasteiger partial charge in [-0.15, -0.1) is 0 Å². The Kier molecular flexibility index (Phi) is 8.24. The number of rotatable bonds is 7. The highest BCUT2D eigenvalue weighted by Crippen LogP contribution is 1.94. The van der Waals surface area contributed by atoms with Crippen LogP contribution in [0.1, 0.15) is 27.7 Å². The van der Waals surface area contributed by atoms with Crippen LogP contribution in [0.25, 0.3) is 0 Å². The summed E-state index contributed by atoms with van der Waals surface area (Å²) in [5, 5.41) is 2.69. The van der Waals surface area contributed by atoms with Gasteiger partial charge in [-0.2, -0.15) is 0 Å². The topological polar surface area (TPSA) is 81.7 Å². The highest BCUT2D eigenvalue weighted by atomic mass is 16.5. The molecule has 0 rings (SSSR count). The summed E-state index contributed by atoms with van der Waals surface area (Å²) in [4.78, 5) is 33.5. The zero-order chi connectivity index (χ0) is 14.8. The quantitative estimate of drug-likeness (QED) is 0.547. The summed E-state index contributed by atoms with van der Waals surface area (Å²) in [6, 6.07) is -0.283. The van der Waals surface area contributed by atoms with Gasteiger partial charge < -0.3 is 14.8 Å². The molecule has 0 aliphatic heterocycles. The fourth-order valence-electron chi connectivity index (χ4n) is 1.03. The summed E-state index contributed by atoms with van der Waals surface area (Å²) in [7, 11) is 0. The number of esters is 2. The molecule has 0 aliphatic rings. The van der Waals surface area contributed by atoms with E-state index in [1.165, 1.54) is 0 Å². The van der Waals surface area contributed by atoms with E-state index in [-0.39, 0.29) is 31.1 Å². The zero-order valence-electron chi connectivity index (χ0n) is 11.8. The van der Waals surface area contributed by atoms with Crippen molar-refractivity contribution < 1.29 is 23.9 Å². The van der Waals surface area contributed by atoms with E-state index in [1.807, 2.05) is 0 Å². The lowest BCUT2D eigenvalue weighted by Gasteiger charge is -2.15. The van der Waals surface area contributed by atoms with Crippen LogP contribution in [0.4, 0.5) is 0 Å². The maximum atomic E-state index is 11.4. The number of hydrogen-bond acceptors (Lipinski definition) is 5. The van der Waals surface area contributed by atoms with Crippen LogP contribution in [0, 0.1) is 5.92 Å². The average molecular weight is 271 g/mol. The van der Waals surface area contributed by atoms with Crippen molar-refractivity contribution >= 4 is 17.8 Å². The van der Waals surface area contributed by atoms with Crippen molar-refractivity contribution in [3.63, 3.8) is 0 Å². The van der Waals surface area contributed by atoms with E-state index in [4.69, 9.17) is 4.74 Å². The number of carbonyl (C=O) groups is 3. The molecule has 108 valence electrons. The molecule has 19 heavy (non-hydrogen) atoms. The van der Waals surface area contributed by atoms with E-state index < -0.39 is 11.9 Å². The van der Waals surface area contributed by atoms with Crippen LogP contribution in [0.2, 0.25) is 0 Å². The Morgan fingerprint density at radius 2 is 1.58 bits per heavy atom. The summed E-state index contributed by atoms with van der Waals surface area (Å²) < 4.78 is 9.47. The normalized spacial score (nSPS) is 12.3. The molecule has 0 aromatic rings. The van der Waals surface area contributed by atoms with Gasteiger partial charge in [0.05, 0.1) is 12.6 Å². The van der Waals surface area contributed by atoms with Gasteiger partial charge >= 0.3 is 11.9 Å². The van der Waals surface area contributed by atoms with Crippen molar-refractivity contribution in [2.45, 2.75) is 33.7 Å². The van der Waals surface area contributed by atoms with Gasteiger partial charge in [0.2, 0.25) is 5.91 Å². The maximum Gasteiger partial charge on any atom is 0.331 e. The summed E-state index contributed by atoms with van der Waals surface area (Å²) in [5.74, 6) is -1.48. The molecule has 0 aromatic heterocycles. The Morgan fingerprint density at radius 1 is 1.05 bits per heavy atom. The molecule has 0 saturated heterocycles. The minimum absolute atomic E-state index is 0.0461. The van der Waals surface area contributed by atoms with Crippen LogP contribution < -0.4 is 5.32 Å². The lowest BCUT2D eigenvalue weighted by atomic mass is 10.2. The summed E-state index contributed by atoms with van der Waals surface area (Å²) in [6.07, 6.45) is 2.00. The SMILES string of the molecule is CCOC(=O)/C=C/C(=O)OCC(C)NC(=O)C(C)C. The number of hydrogen-bond donors (Lipinski definition) is 1. The molecular formula is C13H21NO5. The van der Waals surface area contributed by atoms with Crippen LogP contribution in [0.5, 0.6) is 0 Å². The highest BCUT2D eigenvalue weighted by Gasteiger charge is 2.11. The zero-order valence-corrected chi connectivity index (χ0v) is 11.8. The largest absolute Gasteiger partial charge is 0.463 e. The van der Waals surface area contributed by atoms with Crippen molar-refractivity contribution in [1.82, 2.24) is 5.32 Å². The van der Waals surface area contributed by atoms with Crippen molar-refractivity contribution in [2.24, 2.45) is 5.92 Å². The molecule has 0 fully saturated rings. The van der Waals surface area contributed by atoms with Crippen LogP contribution in [-0.2, 0) is 23.9 Å². The average Bonchev–Trinajstić information content (AvgIpc) is 2.34. The minimum atomic E-state index is -0.654. The maximum absolute atomic E-state index is 11.4. The predicted molar refractivity (Wildman–Crippen MR) is 69.2 cm³/mol. The van der Waals surface area contributed by atoms with Gasteiger partial charge in [0.15, 0.2) is 0 Å². The second kappa shape index (κ2) is 9.13. The van der Waals surface area contributed by atoms with Crippen molar-refractivity contribution in [3.05, 3.63) is 12.2 Å². The number of nitrogens with one attached hydrogen (secondary N) is 1. The third-order valence-electron chi connectivity index (χ3n) is 2.03. The molecule has 0 radical (unpaired) electrons. The first-order valence-corrected chi connectivity index (χ1v) is 6.18. The van der Waals surface area contributed by atoms with E-state index in [2.05, 4.69) is 10.1 Å². The van der Waals surface area contributed by atoms with Gasteiger partial charge in [-0.1, -0.05) is 13.8 Å². The fraction of sp³-hybridized carbons (Fsp3) is 0.615. The standard InChI is InChI=1S/C13H21NO5/c1-5-18-11(15)6-7-12(16)19-8-10(4)14-13(17)9(2)3/h6-7,9-10H,5,8H2,1-4H3,(H,14,17)/b7-6+. The summed E-state index contributed by atoms with van der Waals surface area (Å²) in [6.45, 7) is 7.24. The summed E-state index contributed by atoms with van der Waals surface area (Å²) in [5.41, 5.74) is 0. The fourth-order valence-corrected chi connectivity index (χ4v) is 1.03. The molecule has 1 atom stereocenters. The van der Waals surface area contributed by atoms with Gasteiger partial charge in [0.25, 0.3) is 0 Å². The lowest BCUT2D eigenvalue weighted by Crippen LogP contribution is -2.38.